The number of imide groups is 1. The van der Waals surface area contributed by atoms with Gasteiger partial charge in [0.15, 0.2) is 0 Å². The summed E-state index contributed by atoms with van der Waals surface area (Å²) in [5.74, 6) is 0. The van der Waals surface area contributed by atoms with Crippen molar-refractivity contribution in [3.63, 3.8) is 0 Å². The molecule has 0 aliphatic carbocycles. The average Bonchev–Trinajstić information content (AvgIpc) is 2.75. The second-order valence-electron chi connectivity index (χ2n) is 6.95. The number of carbonyl (C=O) groups excluding carboxylic acids is 1. The largest absolute Gasteiger partial charge is 0.527 e. The molecule has 2 rings (SSSR count). The molecule has 0 bridgehead atoms. The van der Waals surface area contributed by atoms with Crippen LogP contribution >= 0.6 is 11.8 Å². The van der Waals surface area contributed by atoms with E-state index >= 15 is 0 Å². The molecule has 1 heterocycles. The fourth-order valence-electron chi connectivity index (χ4n) is 2.86. The lowest BCUT2D eigenvalue weighted by atomic mass is 10.2. The number of nitrogens with zero attached hydrogens (tertiary/aromatic N) is 1. The summed E-state index contributed by atoms with van der Waals surface area (Å²) in [6.07, 6.45) is -1.15. The molecule has 1 aliphatic heterocycles. The van der Waals surface area contributed by atoms with Crippen LogP contribution in [0.2, 0.25) is 0 Å². The summed E-state index contributed by atoms with van der Waals surface area (Å²) in [4.78, 5) is 25.6. The van der Waals surface area contributed by atoms with Crippen molar-refractivity contribution in [2.24, 2.45) is 0 Å². The van der Waals surface area contributed by atoms with Gasteiger partial charge in [-0.05, 0) is 39.8 Å². The SMILES string of the molecule is C[C@@H]1C[C@@H](Sc2ccccc2)C[N@+]1(C(=O)O)C(=O)OC(C)(C)C. The molecule has 1 N–H and O–H groups in total. The van der Waals surface area contributed by atoms with Gasteiger partial charge < -0.3 is 9.84 Å². The van der Waals surface area contributed by atoms with Crippen LogP contribution in [0.3, 0.4) is 0 Å². The third kappa shape index (κ3) is 3.87. The van der Waals surface area contributed by atoms with Crippen LogP contribution in [0.4, 0.5) is 9.59 Å². The van der Waals surface area contributed by atoms with Crippen molar-refractivity contribution in [2.45, 2.75) is 55.9 Å². The number of benzene rings is 1. The lowest BCUT2D eigenvalue weighted by molar-refractivity contribution is -0.796. The van der Waals surface area contributed by atoms with Crippen molar-refractivity contribution in [3.8, 4) is 0 Å². The molecule has 1 fully saturated rings. The Labute approximate surface area is 141 Å². The van der Waals surface area contributed by atoms with E-state index in [0.717, 1.165) is 4.90 Å². The van der Waals surface area contributed by atoms with Crippen molar-refractivity contribution >= 4 is 23.9 Å². The molecule has 1 aliphatic rings. The van der Waals surface area contributed by atoms with Gasteiger partial charge in [-0.25, -0.2) is 0 Å². The second-order valence-corrected chi connectivity index (χ2v) is 8.33. The Kier molecular flexibility index (Phi) is 5.06. The van der Waals surface area contributed by atoms with Crippen LogP contribution in [0, 0.1) is 0 Å². The van der Waals surface area contributed by atoms with Gasteiger partial charge in [-0.2, -0.15) is 9.59 Å². The maximum atomic E-state index is 12.6. The highest BCUT2D eigenvalue weighted by Crippen LogP contribution is 2.38. The van der Waals surface area contributed by atoms with Crippen LogP contribution in [-0.2, 0) is 4.74 Å². The van der Waals surface area contributed by atoms with E-state index in [9.17, 15) is 14.7 Å². The molecule has 6 heteroatoms. The van der Waals surface area contributed by atoms with Crippen molar-refractivity contribution in [1.82, 2.24) is 0 Å². The van der Waals surface area contributed by atoms with Crippen molar-refractivity contribution in [2.75, 3.05) is 6.54 Å². The Balaban J connectivity index is 2.20. The fraction of sp³-hybridized carbons (Fsp3) is 0.529. The van der Waals surface area contributed by atoms with Gasteiger partial charge in [0.2, 0.25) is 0 Å². The minimum atomic E-state index is -1.14. The van der Waals surface area contributed by atoms with Crippen molar-refractivity contribution in [3.05, 3.63) is 30.3 Å². The molecule has 126 valence electrons. The summed E-state index contributed by atoms with van der Waals surface area (Å²) in [6, 6.07) is 9.53. The molecule has 23 heavy (non-hydrogen) atoms. The number of hydrogen-bond acceptors (Lipinski definition) is 4. The molecule has 0 unspecified atom stereocenters. The summed E-state index contributed by atoms with van der Waals surface area (Å²) in [6.45, 7) is 7.30. The molecule has 5 nitrogen and oxygen atoms in total. The number of carboxylic acid groups (broad SMARTS) is 1. The molecule has 0 saturated carbocycles. The molecule has 1 saturated heterocycles. The lowest BCUT2D eigenvalue weighted by Crippen LogP contribution is -2.60. The first-order valence-electron chi connectivity index (χ1n) is 7.71. The minimum Gasteiger partial charge on any atom is -0.435 e. The van der Waals surface area contributed by atoms with E-state index in [-0.39, 0.29) is 17.8 Å². The van der Waals surface area contributed by atoms with Crippen LogP contribution in [0.1, 0.15) is 34.1 Å². The third-order valence-corrected chi connectivity index (χ3v) is 5.17. The fourth-order valence-corrected chi connectivity index (χ4v) is 4.24. The standard InChI is InChI=1S/C17H23NO4S/c1-12-10-14(23-13-8-6-5-7-9-13)11-18(12,15(19)20)16(21)22-17(2,3)4/h5-9,12,14H,10-11H2,1-4H3/p+1/t12-,14-,18+/m1/s1. The Morgan fingerprint density at radius 2 is 1.87 bits per heavy atom. The van der Waals surface area contributed by atoms with Crippen LogP contribution in [0.15, 0.2) is 35.2 Å². The summed E-state index contributed by atoms with van der Waals surface area (Å²) >= 11 is 1.62. The van der Waals surface area contributed by atoms with E-state index in [1.165, 1.54) is 0 Å². The second kappa shape index (κ2) is 6.53. The smallest absolute Gasteiger partial charge is 0.435 e. The molecule has 3 atom stereocenters. The Morgan fingerprint density at radius 3 is 2.39 bits per heavy atom. The predicted octanol–water partition coefficient (Wildman–Crippen LogP) is 4.37. The topological polar surface area (TPSA) is 63.6 Å². The van der Waals surface area contributed by atoms with Gasteiger partial charge in [0, 0.05) is 11.3 Å². The quantitative estimate of drug-likeness (QED) is 0.811. The van der Waals surface area contributed by atoms with Crippen LogP contribution < -0.4 is 0 Å². The van der Waals surface area contributed by atoms with Gasteiger partial charge in [0.25, 0.3) is 0 Å². The van der Waals surface area contributed by atoms with Gasteiger partial charge in [0.1, 0.15) is 18.2 Å². The molecule has 0 spiro atoms. The summed E-state index contributed by atoms with van der Waals surface area (Å²) in [5, 5.41) is 9.81. The molecular formula is C17H24NO4S+. The zero-order chi connectivity index (χ0) is 17.3. The van der Waals surface area contributed by atoms with Crippen LogP contribution in [0.5, 0.6) is 0 Å². The number of hydrogen-bond donors (Lipinski definition) is 1. The van der Waals surface area contributed by atoms with Crippen molar-refractivity contribution < 1.29 is 23.9 Å². The summed E-state index contributed by atoms with van der Waals surface area (Å²) in [7, 11) is 0. The molecule has 1 aromatic carbocycles. The lowest BCUT2D eigenvalue weighted by Gasteiger charge is -2.31. The molecular weight excluding hydrogens is 314 g/mol. The van der Waals surface area contributed by atoms with Gasteiger partial charge >= 0.3 is 12.2 Å². The van der Waals surface area contributed by atoms with E-state index < -0.39 is 22.3 Å². The van der Waals surface area contributed by atoms with Gasteiger partial charge in [0.05, 0.1) is 5.25 Å². The van der Waals surface area contributed by atoms with E-state index in [4.69, 9.17) is 4.74 Å². The van der Waals surface area contributed by atoms with Crippen LogP contribution in [-0.4, -0.2) is 45.2 Å². The van der Waals surface area contributed by atoms with Crippen molar-refractivity contribution in [1.29, 1.82) is 0 Å². The predicted molar refractivity (Wildman–Crippen MR) is 89.6 cm³/mol. The number of quaternary nitrogens is 1. The number of likely N-dealkylation sites (tertiary alicyclic amines) is 1. The average molecular weight is 338 g/mol. The van der Waals surface area contributed by atoms with E-state index in [1.54, 1.807) is 32.5 Å². The number of amides is 2. The first-order valence-corrected chi connectivity index (χ1v) is 8.59. The first-order chi connectivity index (χ1) is 10.6. The molecule has 2 amide bonds. The minimum absolute atomic E-state index is 0.0658. The number of thioether (sulfide) groups is 1. The highest BCUT2D eigenvalue weighted by molar-refractivity contribution is 8.00. The molecule has 0 radical (unpaired) electrons. The highest BCUT2D eigenvalue weighted by Gasteiger charge is 2.59. The number of carbonyl (C=O) groups is 2. The van der Waals surface area contributed by atoms with E-state index in [0.29, 0.717) is 6.42 Å². The zero-order valence-corrected chi connectivity index (χ0v) is 14.8. The maximum absolute atomic E-state index is 12.6. The van der Waals surface area contributed by atoms with E-state index in [1.807, 2.05) is 37.3 Å². The normalized spacial score (nSPS) is 27.7. The van der Waals surface area contributed by atoms with Gasteiger partial charge in [-0.3, -0.25) is 0 Å². The third-order valence-electron chi connectivity index (χ3n) is 3.95. The van der Waals surface area contributed by atoms with Gasteiger partial charge in [-0.15, -0.1) is 16.2 Å². The number of ether oxygens (including phenoxy) is 1. The summed E-state index contributed by atoms with van der Waals surface area (Å²) in [5.41, 5.74) is -0.706. The van der Waals surface area contributed by atoms with Gasteiger partial charge in [-0.1, -0.05) is 18.2 Å². The monoisotopic (exact) mass is 338 g/mol. The zero-order valence-electron chi connectivity index (χ0n) is 14.0. The van der Waals surface area contributed by atoms with Crippen LogP contribution in [0.25, 0.3) is 0 Å². The van der Waals surface area contributed by atoms with E-state index in [2.05, 4.69) is 0 Å². The Hall–Kier alpha value is -1.53. The number of rotatable bonds is 2. The first kappa shape index (κ1) is 17.8. The summed E-state index contributed by atoms with van der Waals surface area (Å²) < 4.78 is 4.75. The highest BCUT2D eigenvalue weighted by atomic mass is 32.2. The molecule has 0 aromatic heterocycles. The molecule has 1 aromatic rings. The maximum Gasteiger partial charge on any atom is 0.527 e. The Morgan fingerprint density at radius 1 is 1.26 bits per heavy atom. The Bertz CT molecular complexity index is 584.